The molecule has 120 valence electrons. The van der Waals surface area contributed by atoms with Gasteiger partial charge in [-0.15, -0.1) is 5.10 Å². The van der Waals surface area contributed by atoms with Crippen LogP contribution in [0.1, 0.15) is 32.3 Å². The van der Waals surface area contributed by atoms with Gasteiger partial charge in [0, 0.05) is 24.8 Å². The van der Waals surface area contributed by atoms with Gasteiger partial charge in [-0.3, -0.25) is 0 Å². The number of hydrogen-bond donors (Lipinski definition) is 0. The summed E-state index contributed by atoms with van der Waals surface area (Å²) in [4.78, 5) is 9.41. The van der Waals surface area contributed by atoms with E-state index in [1.165, 1.54) is 24.1 Å². The van der Waals surface area contributed by atoms with Crippen molar-refractivity contribution in [2.75, 3.05) is 22.9 Å². The summed E-state index contributed by atoms with van der Waals surface area (Å²) in [6.07, 6.45) is 5.36. The normalized spacial score (nSPS) is 23.9. The zero-order valence-corrected chi connectivity index (χ0v) is 13.8. The van der Waals surface area contributed by atoms with Crippen LogP contribution in [-0.4, -0.2) is 34.3 Å². The van der Waals surface area contributed by atoms with Crippen LogP contribution in [0.5, 0.6) is 0 Å². The Balaban J connectivity index is 1.66. The Kier molecular flexibility index (Phi) is 3.63. The lowest BCUT2D eigenvalue weighted by molar-refractivity contribution is 0.444. The summed E-state index contributed by atoms with van der Waals surface area (Å²) in [7, 11) is 0. The molecule has 2 aliphatic rings. The van der Waals surface area contributed by atoms with Gasteiger partial charge < -0.3 is 9.80 Å². The average molecular weight is 309 g/mol. The fourth-order valence-corrected chi connectivity index (χ4v) is 3.81. The lowest BCUT2D eigenvalue weighted by Gasteiger charge is -2.32. The molecule has 0 radical (unpaired) electrons. The quantitative estimate of drug-likeness (QED) is 0.852. The standard InChI is InChI=1S/C18H23N5/c1-13-6-5-9-22(12-13)17-11-19-21-18(20-17)23-14(2)10-15-7-3-4-8-16(15)23/h3-4,7-8,11,13-14H,5-6,9-10,12H2,1-2H3. The van der Waals surface area contributed by atoms with E-state index in [1.54, 1.807) is 6.20 Å². The van der Waals surface area contributed by atoms with Crippen molar-refractivity contribution in [3.05, 3.63) is 36.0 Å². The number of nitrogens with zero attached hydrogens (tertiary/aromatic N) is 5. The highest BCUT2D eigenvalue weighted by Gasteiger charge is 2.29. The molecule has 1 saturated heterocycles. The van der Waals surface area contributed by atoms with E-state index < -0.39 is 0 Å². The Morgan fingerprint density at radius 3 is 2.91 bits per heavy atom. The Bertz CT molecular complexity index is 701. The van der Waals surface area contributed by atoms with Crippen LogP contribution in [0.4, 0.5) is 17.5 Å². The topological polar surface area (TPSA) is 45.2 Å². The van der Waals surface area contributed by atoms with Crippen molar-refractivity contribution in [3.8, 4) is 0 Å². The highest BCUT2D eigenvalue weighted by molar-refractivity contribution is 5.67. The minimum atomic E-state index is 0.365. The molecule has 2 aromatic rings. The summed E-state index contributed by atoms with van der Waals surface area (Å²) in [6.45, 7) is 6.65. The average Bonchev–Trinajstić information content (AvgIpc) is 2.91. The van der Waals surface area contributed by atoms with Crippen molar-refractivity contribution in [2.24, 2.45) is 5.92 Å². The van der Waals surface area contributed by atoms with Gasteiger partial charge in [-0.05, 0) is 43.7 Å². The molecule has 0 saturated carbocycles. The molecule has 1 aromatic heterocycles. The molecule has 23 heavy (non-hydrogen) atoms. The van der Waals surface area contributed by atoms with Crippen LogP contribution in [0.15, 0.2) is 30.5 Å². The molecular weight excluding hydrogens is 286 g/mol. The second-order valence-electron chi connectivity index (χ2n) is 6.86. The van der Waals surface area contributed by atoms with Crippen molar-refractivity contribution < 1.29 is 0 Å². The van der Waals surface area contributed by atoms with Gasteiger partial charge in [0.05, 0.1) is 6.20 Å². The Morgan fingerprint density at radius 2 is 2.04 bits per heavy atom. The predicted molar refractivity (Wildman–Crippen MR) is 92.2 cm³/mol. The molecule has 3 heterocycles. The zero-order valence-electron chi connectivity index (χ0n) is 13.8. The smallest absolute Gasteiger partial charge is 0.252 e. The van der Waals surface area contributed by atoms with E-state index in [9.17, 15) is 0 Å². The van der Waals surface area contributed by atoms with Gasteiger partial charge in [0.1, 0.15) is 0 Å². The van der Waals surface area contributed by atoms with E-state index in [1.807, 2.05) is 0 Å². The fourth-order valence-electron chi connectivity index (χ4n) is 3.81. The number of rotatable bonds is 2. The zero-order chi connectivity index (χ0) is 15.8. The lowest BCUT2D eigenvalue weighted by atomic mass is 10.0. The maximum atomic E-state index is 4.84. The first kappa shape index (κ1) is 14.4. The summed E-state index contributed by atoms with van der Waals surface area (Å²) in [6, 6.07) is 8.88. The molecule has 0 N–H and O–H groups in total. The van der Waals surface area contributed by atoms with Crippen molar-refractivity contribution in [1.29, 1.82) is 0 Å². The van der Waals surface area contributed by atoms with Gasteiger partial charge in [-0.25, -0.2) is 0 Å². The molecule has 0 bridgehead atoms. The summed E-state index contributed by atoms with van der Waals surface area (Å²) >= 11 is 0. The monoisotopic (exact) mass is 309 g/mol. The highest BCUT2D eigenvalue weighted by Crippen LogP contribution is 2.36. The summed E-state index contributed by atoms with van der Waals surface area (Å²) in [5.74, 6) is 2.39. The molecule has 0 aliphatic carbocycles. The largest absolute Gasteiger partial charge is 0.355 e. The van der Waals surface area contributed by atoms with Crippen molar-refractivity contribution >= 4 is 17.5 Å². The molecule has 1 fully saturated rings. The third kappa shape index (κ3) is 2.64. The molecule has 0 spiro atoms. The first-order chi connectivity index (χ1) is 11.2. The molecule has 2 atom stereocenters. The number of hydrogen-bond acceptors (Lipinski definition) is 5. The molecule has 1 aromatic carbocycles. The number of piperidine rings is 1. The van der Waals surface area contributed by atoms with Crippen LogP contribution in [0.2, 0.25) is 0 Å². The second kappa shape index (κ2) is 5.80. The van der Waals surface area contributed by atoms with Crippen LogP contribution >= 0.6 is 0 Å². The van der Waals surface area contributed by atoms with Crippen molar-refractivity contribution in [1.82, 2.24) is 15.2 Å². The number of benzene rings is 1. The van der Waals surface area contributed by atoms with Gasteiger partial charge in [0.15, 0.2) is 5.82 Å². The minimum Gasteiger partial charge on any atom is -0.355 e. The van der Waals surface area contributed by atoms with Crippen LogP contribution in [0.25, 0.3) is 0 Å². The Labute approximate surface area is 137 Å². The lowest BCUT2D eigenvalue weighted by Crippen LogP contribution is -2.35. The number of fused-ring (bicyclic) bond motifs is 1. The van der Waals surface area contributed by atoms with Gasteiger partial charge >= 0.3 is 0 Å². The number of aromatic nitrogens is 3. The Morgan fingerprint density at radius 1 is 1.17 bits per heavy atom. The third-order valence-corrected chi connectivity index (χ3v) is 4.94. The molecule has 0 amide bonds. The maximum Gasteiger partial charge on any atom is 0.252 e. The SMILES string of the molecule is CC1CCCN(c2cnnc(N3c4ccccc4CC3C)n2)C1. The molecule has 5 heteroatoms. The van der Waals surface area contributed by atoms with Gasteiger partial charge in [0.2, 0.25) is 0 Å². The van der Waals surface area contributed by atoms with E-state index in [0.29, 0.717) is 12.0 Å². The molecular formula is C18H23N5. The number of anilines is 3. The van der Waals surface area contributed by atoms with Crippen LogP contribution < -0.4 is 9.80 Å². The Hall–Kier alpha value is -2.17. The summed E-state index contributed by atoms with van der Waals surface area (Å²) in [5.41, 5.74) is 2.58. The van der Waals surface area contributed by atoms with E-state index in [4.69, 9.17) is 4.98 Å². The van der Waals surface area contributed by atoms with Crippen LogP contribution in [0, 0.1) is 5.92 Å². The fraction of sp³-hybridized carbons (Fsp3) is 0.500. The van der Waals surface area contributed by atoms with Crippen molar-refractivity contribution in [3.63, 3.8) is 0 Å². The van der Waals surface area contributed by atoms with Gasteiger partial charge in [-0.2, -0.15) is 10.1 Å². The molecule has 2 aliphatic heterocycles. The van der Waals surface area contributed by atoms with E-state index in [2.05, 4.69) is 58.1 Å². The maximum absolute atomic E-state index is 4.84. The highest BCUT2D eigenvalue weighted by atomic mass is 15.4. The van der Waals surface area contributed by atoms with E-state index in [0.717, 1.165) is 31.3 Å². The van der Waals surface area contributed by atoms with Crippen LogP contribution in [0.3, 0.4) is 0 Å². The molecule has 5 nitrogen and oxygen atoms in total. The second-order valence-corrected chi connectivity index (χ2v) is 6.86. The minimum absolute atomic E-state index is 0.365. The first-order valence-corrected chi connectivity index (χ1v) is 8.54. The molecule has 4 rings (SSSR count). The van der Waals surface area contributed by atoms with Gasteiger partial charge in [-0.1, -0.05) is 25.1 Å². The summed E-state index contributed by atoms with van der Waals surface area (Å²) < 4.78 is 0. The number of para-hydroxylation sites is 1. The van der Waals surface area contributed by atoms with E-state index in [-0.39, 0.29) is 0 Å². The van der Waals surface area contributed by atoms with Gasteiger partial charge in [0.25, 0.3) is 5.95 Å². The summed E-state index contributed by atoms with van der Waals surface area (Å²) in [5, 5.41) is 8.56. The third-order valence-electron chi connectivity index (χ3n) is 4.94. The van der Waals surface area contributed by atoms with Crippen molar-refractivity contribution in [2.45, 2.75) is 39.2 Å². The van der Waals surface area contributed by atoms with E-state index >= 15 is 0 Å². The first-order valence-electron chi connectivity index (χ1n) is 8.54. The predicted octanol–water partition coefficient (Wildman–Crippen LogP) is 3.19. The molecule has 2 unspecified atom stereocenters. The van der Waals surface area contributed by atoms with Crippen LogP contribution in [-0.2, 0) is 6.42 Å².